The summed E-state index contributed by atoms with van der Waals surface area (Å²) < 4.78 is 9.30. The third-order valence-corrected chi connectivity index (χ3v) is 3.01. The average molecular weight is 275 g/mol. The first-order valence-corrected chi connectivity index (χ1v) is 5.82. The fourth-order valence-corrected chi connectivity index (χ4v) is 2.02. The van der Waals surface area contributed by atoms with Gasteiger partial charge in [-0.15, -0.1) is 0 Å². The highest BCUT2D eigenvalue weighted by Crippen LogP contribution is 2.24. The van der Waals surface area contributed by atoms with Crippen molar-refractivity contribution < 1.29 is 23.9 Å². The van der Waals surface area contributed by atoms with Crippen LogP contribution >= 0.6 is 0 Å². The Balaban J connectivity index is 2.76. The van der Waals surface area contributed by atoms with Gasteiger partial charge in [-0.2, -0.15) is 0 Å². The molecule has 0 amide bonds. The van der Waals surface area contributed by atoms with Crippen LogP contribution in [-0.2, 0) is 9.47 Å². The molecule has 20 heavy (non-hydrogen) atoms. The van der Waals surface area contributed by atoms with Gasteiger partial charge in [0.05, 0.1) is 25.3 Å². The molecule has 6 nitrogen and oxygen atoms in total. The third-order valence-electron chi connectivity index (χ3n) is 3.01. The molecule has 1 aromatic carbocycles. The summed E-state index contributed by atoms with van der Waals surface area (Å²) in [7, 11) is 2.44. The van der Waals surface area contributed by atoms with Gasteiger partial charge in [-0.1, -0.05) is 0 Å². The summed E-state index contributed by atoms with van der Waals surface area (Å²) in [5.41, 5.74) is 1.17. The molecule has 0 atom stereocenters. The molecule has 0 bridgehead atoms. The average Bonchev–Trinajstić information content (AvgIpc) is 2.87. The Bertz CT molecular complexity index is 714. The van der Waals surface area contributed by atoms with Crippen molar-refractivity contribution in [3.63, 3.8) is 0 Å². The predicted molar refractivity (Wildman–Crippen MR) is 71.0 cm³/mol. The van der Waals surface area contributed by atoms with Crippen molar-refractivity contribution in [2.75, 3.05) is 14.2 Å². The number of carbonyl (C=O) groups is 3. The number of Topliss-reactive ketones (excluding diaryl/α,β-unsaturated/α-hetero) is 1. The Morgan fingerprint density at radius 2 is 1.50 bits per heavy atom. The van der Waals surface area contributed by atoms with Crippen LogP contribution in [0.2, 0.25) is 0 Å². The zero-order chi connectivity index (χ0) is 14.9. The van der Waals surface area contributed by atoms with E-state index < -0.39 is 11.9 Å². The van der Waals surface area contributed by atoms with Crippen LogP contribution in [0, 0.1) is 0 Å². The zero-order valence-electron chi connectivity index (χ0n) is 11.3. The molecule has 2 aromatic rings. The van der Waals surface area contributed by atoms with E-state index >= 15 is 0 Å². The zero-order valence-corrected chi connectivity index (χ0v) is 11.3. The quantitative estimate of drug-likeness (QED) is 0.683. The summed E-state index contributed by atoms with van der Waals surface area (Å²) >= 11 is 0. The van der Waals surface area contributed by atoms with E-state index in [9.17, 15) is 14.4 Å². The second-order valence-electron chi connectivity index (χ2n) is 4.19. The summed E-state index contributed by atoms with van der Waals surface area (Å²) in [4.78, 5) is 37.9. The molecule has 104 valence electrons. The maximum Gasteiger partial charge on any atom is 0.338 e. The highest BCUT2D eigenvalue weighted by molar-refractivity contribution is 6.12. The van der Waals surface area contributed by atoms with Crippen LogP contribution in [-0.4, -0.2) is 36.9 Å². The lowest BCUT2D eigenvalue weighted by atomic mass is 10.0. The topological polar surface area (TPSA) is 85.5 Å². The largest absolute Gasteiger partial charge is 0.465 e. The number of H-pyrrole nitrogens is 1. The fourth-order valence-electron chi connectivity index (χ4n) is 2.02. The fraction of sp³-hybridized carbons (Fsp3) is 0.214. The van der Waals surface area contributed by atoms with Gasteiger partial charge >= 0.3 is 11.9 Å². The number of benzene rings is 1. The molecular weight excluding hydrogens is 262 g/mol. The van der Waals surface area contributed by atoms with Crippen molar-refractivity contribution in [2.45, 2.75) is 6.92 Å². The number of hydrogen-bond acceptors (Lipinski definition) is 5. The van der Waals surface area contributed by atoms with E-state index in [-0.39, 0.29) is 16.9 Å². The number of ketones is 1. The van der Waals surface area contributed by atoms with Crippen LogP contribution in [0.5, 0.6) is 0 Å². The molecule has 6 heteroatoms. The lowest BCUT2D eigenvalue weighted by Crippen LogP contribution is -2.11. The maximum atomic E-state index is 11.8. The molecule has 1 heterocycles. The van der Waals surface area contributed by atoms with E-state index in [1.807, 2.05) is 0 Å². The van der Waals surface area contributed by atoms with Gasteiger partial charge in [0, 0.05) is 22.7 Å². The van der Waals surface area contributed by atoms with Gasteiger partial charge in [0.2, 0.25) is 0 Å². The molecule has 2 rings (SSSR count). The number of carbonyl (C=O) groups excluding carboxylic acids is 3. The van der Waals surface area contributed by atoms with E-state index in [2.05, 4.69) is 14.5 Å². The van der Waals surface area contributed by atoms with Gasteiger partial charge in [0.25, 0.3) is 0 Å². The van der Waals surface area contributed by atoms with Gasteiger partial charge < -0.3 is 14.5 Å². The van der Waals surface area contributed by atoms with Crippen LogP contribution in [0.3, 0.4) is 0 Å². The van der Waals surface area contributed by atoms with Crippen molar-refractivity contribution >= 4 is 28.6 Å². The van der Waals surface area contributed by atoms with Crippen LogP contribution in [0.15, 0.2) is 18.3 Å². The van der Waals surface area contributed by atoms with Crippen LogP contribution in [0.25, 0.3) is 10.9 Å². The summed E-state index contributed by atoms with van der Waals surface area (Å²) in [6.45, 7) is 1.43. The van der Waals surface area contributed by atoms with E-state index in [0.717, 1.165) is 0 Å². The first kappa shape index (κ1) is 13.8. The SMILES string of the molecule is COC(=O)c1cc2[nH]cc(C(C)=O)c2cc1C(=O)OC. The number of nitrogens with one attached hydrogen (secondary N) is 1. The van der Waals surface area contributed by atoms with Crippen LogP contribution in [0.4, 0.5) is 0 Å². The number of aromatic nitrogens is 1. The Morgan fingerprint density at radius 1 is 0.950 bits per heavy atom. The molecule has 0 spiro atoms. The first-order valence-electron chi connectivity index (χ1n) is 5.82. The molecule has 0 aliphatic heterocycles. The molecule has 1 N–H and O–H groups in total. The van der Waals surface area contributed by atoms with E-state index in [1.54, 1.807) is 0 Å². The van der Waals surface area contributed by atoms with E-state index in [0.29, 0.717) is 16.5 Å². The Labute approximate surface area is 114 Å². The van der Waals surface area contributed by atoms with E-state index in [4.69, 9.17) is 0 Å². The second-order valence-corrected chi connectivity index (χ2v) is 4.19. The van der Waals surface area contributed by atoms with Crippen molar-refractivity contribution in [1.82, 2.24) is 4.98 Å². The van der Waals surface area contributed by atoms with Gasteiger partial charge in [-0.3, -0.25) is 4.79 Å². The summed E-state index contributed by atoms with van der Waals surface area (Å²) in [5.74, 6) is -1.45. The lowest BCUT2D eigenvalue weighted by Gasteiger charge is -2.07. The van der Waals surface area contributed by atoms with Crippen LogP contribution < -0.4 is 0 Å². The van der Waals surface area contributed by atoms with Crippen LogP contribution in [0.1, 0.15) is 38.0 Å². The summed E-state index contributed by atoms with van der Waals surface area (Å²) in [5, 5.41) is 0.561. The van der Waals surface area contributed by atoms with Crippen molar-refractivity contribution in [3.8, 4) is 0 Å². The Kier molecular flexibility index (Phi) is 3.56. The smallest absolute Gasteiger partial charge is 0.338 e. The second kappa shape index (κ2) is 5.16. The van der Waals surface area contributed by atoms with Gasteiger partial charge in [0.15, 0.2) is 5.78 Å². The highest BCUT2D eigenvalue weighted by atomic mass is 16.5. The Hall–Kier alpha value is -2.63. The molecule has 0 saturated heterocycles. The molecule has 1 aromatic heterocycles. The minimum absolute atomic E-state index is 0.0638. The number of aromatic amines is 1. The number of methoxy groups -OCH3 is 2. The molecule has 0 unspecified atom stereocenters. The number of fused-ring (bicyclic) bond motifs is 1. The summed E-state index contributed by atoms with van der Waals surface area (Å²) in [6, 6.07) is 2.93. The third kappa shape index (κ3) is 2.16. The summed E-state index contributed by atoms with van der Waals surface area (Å²) in [6.07, 6.45) is 1.54. The number of esters is 2. The molecule has 0 fully saturated rings. The highest BCUT2D eigenvalue weighted by Gasteiger charge is 2.21. The molecule has 0 aliphatic rings. The minimum Gasteiger partial charge on any atom is -0.465 e. The molecular formula is C14H13NO5. The van der Waals surface area contributed by atoms with Gasteiger partial charge in [-0.25, -0.2) is 9.59 Å². The Morgan fingerprint density at radius 3 is 2.00 bits per heavy atom. The molecule has 0 saturated carbocycles. The minimum atomic E-state index is -0.664. The molecule has 0 aliphatic carbocycles. The van der Waals surface area contributed by atoms with Gasteiger partial charge in [-0.05, 0) is 19.1 Å². The number of rotatable bonds is 3. The standard InChI is InChI=1S/C14H13NO5/c1-7(16)11-6-15-12-5-10(14(18)20-3)9(4-8(11)12)13(17)19-2/h4-6,15H,1-3H3. The van der Waals surface area contributed by atoms with Crippen molar-refractivity contribution in [2.24, 2.45) is 0 Å². The number of ether oxygens (including phenoxy) is 2. The monoisotopic (exact) mass is 275 g/mol. The normalized spacial score (nSPS) is 10.3. The van der Waals surface area contributed by atoms with Crippen molar-refractivity contribution in [1.29, 1.82) is 0 Å². The van der Waals surface area contributed by atoms with E-state index in [1.165, 1.54) is 39.5 Å². The van der Waals surface area contributed by atoms with Crippen molar-refractivity contribution in [3.05, 3.63) is 35.0 Å². The lowest BCUT2D eigenvalue weighted by molar-refractivity contribution is 0.0555. The maximum absolute atomic E-state index is 11.8. The van der Waals surface area contributed by atoms with Gasteiger partial charge in [0.1, 0.15) is 0 Å². The predicted octanol–water partition coefficient (Wildman–Crippen LogP) is 1.94. The molecule has 0 radical (unpaired) electrons. The number of hydrogen-bond donors (Lipinski definition) is 1. The first-order chi connectivity index (χ1) is 9.49.